The summed E-state index contributed by atoms with van der Waals surface area (Å²) in [5.74, 6) is 1.71. The van der Waals surface area contributed by atoms with Gasteiger partial charge in [-0.15, -0.1) is 0 Å². The molecule has 1 aliphatic carbocycles. The molecule has 0 aliphatic heterocycles. The van der Waals surface area contributed by atoms with Crippen LogP contribution in [-0.2, 0) is 6.61 Å². The normalized spacial score (nSPS) is 15.2. The largest absolute Gasteiger partial charge is 0.491 e. The first kappa shape index (κ1) is 12.4. The summed E-state index contributed by atoms with van der Waals surface area (Å²) in [5, 5.41) is 9.05. The topological polar surface area (TPSA) is 29.5 Å². The molecule has 0 atom stereocenters. The van der Waals surface area contributed by atoms with Crippen molar-refractivity contribution in [2.24, 2.45) is 5.92 Å². The predicted molar refractivity (Wildman–Crippen MR) is 70.6 cm³/mol. The number of ether oxygens (including phenoxy) is 1. The predicted octanol–water partition coefficient (Wildman–Crippen LogP) is 3.88. The van der Waals surface area contributed by atoms with Crippen molar-refractivity contribution < 1.29 is 9.84 Å². The molecule has 1 aromatic rings. The standard InChI is InChI=1S/C12H14Br2O2/c13-10-5-9(7-15)6-11(14)12(10)16-4-3-8-1-2-8/h5-6,8,15H,1-4,7H2. The van der Waals surface area contributed by atoms with Crippen LogP contribution in [0.1, 0.15) is 24.8 Å². The van der Waals surface area contributed by atoms with Gasteiger partial charge in [-0.25, -0.2) is 0 Å². The van der Waals surface area contributed by atoms with E-state index >= 15 is 0 Å². The van der Waals surface area contributed by atoms with E-state index in [9.17, 15) is 0 Å². The lowest BCUT2D eigenvalue weighted by Gasteiger charge is -2.11. The van der Waals surface area contributed by atoms with Gasteiger partial charge < -0.3 is 9.84 Å². The van der Waals surface area contributed by atoms with Crippen LogP contribution in [0.15, 0.2) is 21.1 Å². The summed E-state index contributed by atoms with van der Waals surface area (Å²) in [4.78, 5) is 0. The smallest absolute Gasteiger partial charge is 0.147 e. The highest BCUT2D eigenvalue weighted by molar-refractivity contribution is 9.11. The van der Waals surface area contributed by atoms with E-state index in [0.29, 0.717) is 0 Å². The van der Waals surface area contributed by atoms with E-state index in [-0.39, 0.29) is 6.61 Å². The van der Waals surface area contributed by atoms with Gasteiger partial charge in [0.2, 0.25) is 0 Å². The van der Waals surface area contributed by atoms with Crippen molar-refractivity contribution in [3.05, 3.63) is 26.6 Å². The van der Waals surface area contributed by atoms with Gasteiger partial charge in [-0.1, -0.05) is 12.8 Å². The minimum Gasteiger partial charge on any atom is -0.491 e. The molecule has 2 nitrogen and oxygen atoms in total. The molecule has 0 heterocycles. The summed E-state index contributed by atoms with van der Waals surface area (Å²) in [7, 11) is 0. The fraction of sp³-hybridized carbons (Fsp3) is 0.500. The Balaban J connectivity index is 2.00. The van der Waals surface area contributed by atoms with E-state index in [0.717, 1.165) is 39.2 Å². The molecule has 0 spiro atoms. The van der Waals surface area contributed by atoms with Crippen LogP contribution in [0.3, 0.4) is 0 Å². The van der Waals surface area contributed by atoms with Crippen LogP contribution in [-0.4, -0.2) is 11.7 Å². The van der Waals surface area contributed by atoms with Gasteiger partial charge in [-0.3, -0.25) is 0 Å². The van der Waals surface area contributed by atoms with E-state index < -0.39 is 0 Å². The van der Waals surface area contributed by atoms with Crippen molar-refractivity contribution in [2.75, 3.05) is 6.61 Å². The van der Waals surface area contributed by atoms with Crippen molar-refractivity contribution >= 4 is 31.9 Å². The molecule has 1 saturated carbocycles. The highest BCUT2D eigenvalue weighted by Crippen LogP contribution is 2.36. The minimum absolute atomic E-state index is 0.0412. The van der Waals surface area contributed by atoms with E-state index in [1.165, 1.54) is 12.8 Å². The fourth-order valence-corrected chi connectivity index (χ4v) is 3.09. The van der Waals surface area contributed by atoms with Crippen molar-refractivity contribution in [2.45, 2.75) is 25.9 Å². The van der Waals surface area contributed by atoms with Gasteiger partial charge in [0.15, 0.2) is 0 Å². The Morgan fingerprint density at radius 1 is 1.25 bits per heavy atom. The minimum atomic E-state index is 0.0412. The second kappa shape index (κ2) is 5.52. The summed E-state index contributed by atoms with van der Waals surface area (Å²) in [6, 6.07) is 3.77. The summed E-state index contributed by atoms with van der Waals surface area (Å²) >= 11 is 6.91. The zero-order valence-electron chi connectivity index (χ0n) is 8.88. The highest BCUT2D eigenvalue weighted by atomic mass is 79.9. The summed E-state index contributed by atoms with van der Waals surface area (Å²) in [6.07, 6.45) is 3.85. The van der Waals surface area contributed by atoms with Crippen LogP contribution in [0.25, 0.3) is 0 Å². The van der Waals surface area contributed by atoms with E-state index in [1.807, 2.05) is 12.1 Å². The van der Waals surface area contributed by atoms with Gasteiger partial charge in [0.05, 0.1) is 22.2 Å². The Labute approximate surface area is 112 Å². The molecule has 4 heteroatoms. The molecule has 1 aliphatic rings. The number of aliphatic hydroxyl groups excluding tert-OH is 1. The van der Waals surface area contributed by atoms with E-state index in [4.69, 9.17) is 9.84 Å². The van der Waals surface area contributed by atoms with Gasteiger partial charge in [0, 0.05) is 0 Å². The van der Waals surface area contributed by atoms with Crippen LogP contribution >= 0.6 is 31.9 Å². The van der Waals surface area contributed by atoms with Crippen molar-refractivity contribution in [3.63, 3.8) is 0 Å². The first-order valence-corrected chi connectivity index (χ1v) is 7.01. The molecule has 0 aromatic heterocycles. The lowest BCUT2D eigenvalue weighted by Crippen LogP contribution is -2.00. The monoisotopic (exact) mass is 348 g/mol. The number of hydrogen-bond donors (Lipinski definition) is 1. The third-order valence-electron chi connectivity index (χ3n) is 2.71. The molecule has 1 aromatic carbocycles. The molecular formula is C12H14Br2O2. The molecule has 1 N–H and O–H groups in total. The second-order valence-electron chi connectivity index (χ2n) is 4.13. The Hall–Kier alpha value is -0.0600. The fourth-order valence-electron chi connectivity index (χ4n) is 1.58. The number of hydrogen-bond acceptors (Lipinski definition) is 2. The molecule has 0 radical (unpaired) electrons. The van der Waals surface area contributed by atoms with E-state index in [2.05, 4.69) is 31.9 Å². The molecule has 1 fully saturated rings. The number of rotatable bonds is 5. The Bertz CT molecular complexity index is 352. The van der Waals surface area contributed by atoms with Crippen LogP contribution in [0.5, 0.6) is 5.75 Å². The molecule has 2 rings (SSSR count). The lowest BCUT2D eigenvalue weighted by molar-refractivity contribution is 0.280. The summed E-state index contributed by atoms with van der Waals surface area (Å²) < 4.78 is 7.52. The summed E-state index contributed by atoms with van der Waals surface area (Å²) in [6.45, 7) is 0.805. The van der Waals surface area contributed by atoms with E-state index in [1.54, 1.807) is 0 Å². The molecule has 0 saturated heterocycles. The van der Waals surface area contributed by atoms with Gasteiger partial charge >= 0.3 is 0 Å². The lowest BCUT2D eigenvalue weighted by atomic mass is 10.2. The SMILES string of the molecule is OCc1cc(Br)c(OCCC2CC2)c(Br)c1. The maximum Gasteiger partial charge on any atom is 0.147 e. The van der Waals surface area contributed by atoms with Crippen molar-refractivity contribution in [1.82, 2.24) is 0 Å². The van der Waals surface area contributed by atoms with Gasteiger partial charge in [-0.05, 0) is 61.9 Å². The molecular weight excluding hydrogens is 336 g/mol. The average molecular weight is 350 g/mol. The molecule has 0 unspecified atom stereocenters. The van der Waals surface area contributed by atoms with Crippen LogP contribution in [0.4, 0.5) is 0 Å². The first-order chi connectivity index (χ1) is 7.70. The first-order valence-electron chi connectivity index (χ1n) is 5.42. The Morgan fingerprint density at radius 3 is 2.38 bits per heavy atom. The Morgan fingerprint density at radius 2 is 1.88 bits per heavy atom. The van der Waals surface area contributed by atoms with Crippen molar-refractivity contribution in [3.8, 4) is 5.75 Å². The maximum absolute atomic E-state index is 9.05. The van der Waals surface area contributed by atoms with Crippen LogP contribution < -0.4 is 4.74 Å². The zero-order chi connectivity index (χ0) is 11.5. The molecule has 16 heavy (non-hydrogen) atoms. The van der Waals surface area contributed by atoms with Crippen molar-refractivity contribution in [1.29, 1.82) is 0 Å². The molecule has 0 bridgehead atoms. The maximum atomic E-state index is 9.05. The number of halogens is 2. The van der Waals surface area contributed by atoms with Gasteiger partial charge in [-0.2, -0.15) is 0 Å². The Kier molecular flexibility index (Phi) is 4.27. The van der Waals surface area contributed by atoms with Crippen LogP contribution in [0.2, 0.25) is 0 Å². The summed E-state index contributed by atoms with van der Waals surface area (Å²) in [5.41, 5.74) is 0.869. The second-order valence-corrected chi connectivity index (χ2v) is 5.84. The third kappa shape index (κ3) is 3.22. The number of aliphatic hydroxyl groups is 1. The molecule has 88 valence electrons. The van der Waals surface area contributed by atoms with Gasteiger partial charge in [0.1, 0.15) is 5.75 Å². The van der Waals surface area contributed by atoms with Crippen LogP contribution in [0, 0.1) is 5.92 Å². The quantitative estimate of drug-likeness (QED) is 0.874. The third-order valence-corrected chi connectivity index (χ3v) is 3.89. The van der Waals surface area contributed by atoms with Gasteiger partial charge in [0.25, 0.3) is 0 Å². The zero-order valence-corrected chi connectivity index (χ0v) is 12.1. The highest BCUT2D eigenvalue weighted by Gasteiger charge is 2.21. The average Bonchev–Trinajstić information content (AvgIpc) is 3.05. The number of benzene rings is 1. The molecule has 0 amide bonds.